The molecule has 0 spiro atoms. The number of methoxy groups -OCH3 is 1. The van der Waals surface area contributed by atoms with Gasteiger partial charge in [-0.05, 0) is 36.2 Å². The van der Waals surface area contributed by atoms with Crippen molar-refractivity contribution in [1.29, 1.82) is 0 Å². The zero-order valence-electron chi connectivity index (χ0n) is 17.7. The van der Waals surface area contributed by atoms with Gasteiger partial charge in [0.1, 0.15) is 11.9 Å². The molecular formula is C21H27NO8. The third-order valence-corrected chi connectivity index (χ3v) is 4.41. The zero-order valence-corrected chi connectivity index (χ0v) is 17.7. The zero-order chi connectivity index (χ0) is 22.3. The van der Waals surface area contributed by atoms with E-state index in [4.69, 9.17) is 23.7 Å². The molecule has 164 valence electrons. The van der Waals surface area contributed by atoms with E-state index in [-0.39, 0.29) is 0 Å². The Hall–Kier alpha value is -2.94. The molecule has 5 atom stereocenters. The number of rotatable bonds is 7. The van der Waals surface area contributed by atoms with Gasteiger partial charge in [0, 0.05) is 27.0 Å². The van der Waals surface area contributed by atoms with Crippen molar-refractivity contribution in [3.8, 4) is 5.75 Å². The number of ether oxygens (including phenoxy) is 5. The van der Waals surface area contributed by atoms with E-state index in [1.165, 1.54) is 27.0 Å². The number of carbonyl (C=O) groups is 3. The second-order valence-electron chi connectivity index (χ2n) is 6.75. The van der Waals surface area contributed by atoms with Crippen molar-refractivity contribution in [2.45, 2.75) is 64.8 Å². The monoisotopic (exact) mass is 421 g/mol. The molecule has 1 aliphatic heterocycles. The number of carbonyl (C=O) groups excluding carboxylic acids is 3. The Morgan fingerprint density at radius 1 is 0.967 bits per heavy atom. The molecule has 30 heavy (non-hydrogen) atoms. The van der Waals surface area contributed by atoms with Crippen molar-refractivity contribution in [2.24, 2.45) is 4.99 Å². The highest BCUT2D eigenvalue weighted by molar-refractivity contribution is 5.80. The Morgan fingerprint density at radius 2 is 1.53 bits per heavy atom. The first kappa shape index (κ1) is 23.3. The SMILES string of the molecule is CCC1OC(OC(C)=O)C(N=Cc2ccc(OC)cc2)C(OC(C)=O)C1OC(C)=O. The second-order valence-corrected chi connectivity index (χ2v) is 6.75. The Kier molecular flexibility index (Phi) is 8.35. The molecule has 1 heterocycles. The van der Waals surface area contributed by atoms with Gasteiger partial charge in [0.05, 0.1) is 7.11 Å². The van der Waals surface area contributed by atoms with E-state index in [2.05, 4.69) is 4.99 Å². The van der Waals surface area contributed by atoms with Crippen molar-refractivity contribution in [1.82, 2.24) is 0 Å². The van der Waals surface area contributed by atoms with Crippen LogP contribution in [0.4, 0.5) is 0 Å². The van der Waals surface area contributed by atoms with Gasteiger partial charge in [-0.3, -0.25) is 19.4 Å². The van der Waals surface area contributed by atoms with E-state index in [0.717, 1.165) is 5.56 Å². The minimum Gasteiger partial charge on any atom is -0.497 e. The smallest absolute Gasteiger partial charge is 0.305 e. The van der Waals surface area contributed by atoms with Crippen LogP contribution in [0.3, 0.4) is 0 Å². The van der Waals surface area contributed by atoms with Crippen molar-refractivity contribution in [2.75, 3.05) is 7.11 Å². The van der Waals surface area contributed by atoms with Crippen LogP contribution in [0.5, 0.6) is 5.75 Å². The van der Waals surface area contributed by atoms with Gasteiger partial charge in [-0.1, -0.05) is 6.92 Å². The summed E-state index contributed by atoms with van der Waals surface area (Å²) in [6, 6.07) is 6.16. The first-order valence-corrected chi connectivity index (χ1v) is 9.59. The van der Waals surface area contributed by atoms with Gasteiger partial charge in [-0.2, -0.15) is 0 Å². The third-order valence-electron chi connectivity index (χ3n) is 4.41. The standard InChI is InChI=1S/C21H27NO8/c1-6-17-19(27-12(2)23)20(28-13(3)24)18(21(30-17)29-14(4)25)22-11-15-7-9-16(26-5)10-8-15/h7-11,17-21H,6H2,1-5H3. The number of hydrogen-bond acceptors (Lipinski definition) is 9. The molecule has 0 N–H and O–H groups in total. The van der Waals surface area contributed by atoms with E-state index in [0.29, 0.717) is 12.2 Å². The first-order chi connectivity index (χ1) is 14.2. The number of esters is 3. The van der Waals surface area contributed by atoms with Gasteiger partial charge in [0.2, 0.25) is 6.29 Å². The molecular weight excluding hydrogens is 394 g/mol. The van der Waals surface area contributed by atoms with Crippen LogP contribution in [0, 0.1) is 0 Å². The van der Waals surface area contributed by atoms with Crippen molar-refractivity contribution in [3.05, 3.63) is 29.8 Å². The van der Waals surface area contributed by atoms with Gasteiger partial charge < -0.3 is 23.7 Å². The minimum absolute atomic E-state index is 0.433. The van der Waals surface area contributed by atoms with Crippen LogP contribution in [0.25, 0.3) is 0 Å². The summed E-state index contributed by atoms with van der Waals surface area (Å²) < 4.78 is 27.2. The topological polar surface area (TPSA) is 110 Å². The molecule has 0 bridgehead atoms. The quantitative estimate of drug-likeness (QED) is 0.374. The molecule has 1 aliphatic rings. The van der Waals surface area contributed by atoms with Crippen LogP contribution < -0.4 is 4.74 Å². The highest BCUT2D eigenvalue weighted by atomic mass is 16.7. The van der Waals surface area contributed by atoms with E-state index in [1.807, 2.05) is 6.92 Å². The third kappa shape index (κ3) is 6.28. The van der Waals surface area contributed by atoms with Gasteiger partial charge >= 0.3 is 17.9 Å². The van der Waals surface area contributed by atoms with Crippen LogP contribution >= 0.6 is 0 Å². The lowest BCUT2D eigenvalue weighted by atomic mass is 9.95. The molecule has 0 aromatic heterocycles. The molecule has 1 aromatic rings. The molecule has 1 saturated heterocycles. The number of benzene rings is 1. The van der Waals surface area contributed by atoms with Crippen LogP contribution in [-0.4, -0.2) is 61.9 Å². The van der Waals surface area contributed by atoms with E-state index in [1.54, 1.807) is 31.4 Å². The summed E-state index contributed by atoms with van der Waals surface area (Å²) in [4.78, 5) is 39.5. The molecule has 0 saturated carbocycles. The molecule has 1 aromatic carbocycles. The fraction of sp³-hybridized carbons (Fsp3) is 0.524. The predicted octanol–water partition coefficient (Wildman–Crippen LogP) is 2.04. The molecule has 9 nitrogen and oxygen atoms in total. The Labute approximate surface area is 175 Å². The highest BCUT2D eigenvalue weighted by Crippen LogP contribution is 2.31. The van der Waals surface area contributed by atoms with Crippen LogP contribution in [0.15, 0.2) is 29.3 Å². The van der Waals surface area contributed by atoms with Gasteiger partial charge in [-0.25, -0.2) is 0 Å². The van der Waals surface area contributed by atoms with Crippen LogP contribution in [0.2, 0.25) is 0 Å². The summed E-state index contributed by atoms with van der Waals surface area (Å²) in [7, 11) is 1.56. The summed E-state index contributed by atoms with van der Waals surface area (Å²) in [5, 5.41) is 0. The summed E-state index contributed by atoms with van der Waals surface area (Å²) in [5.41, 5.74) is 0.737. The van der Waals surface area contributed by atoms with Gasteiger partial charge in [0.15, 0.2) is 18.2 Å². The second kappa shape index (κ2) is 10.7. The number of hydrogen-bond donors (Lipinski definition) is 0. The maximum Gasteiger partial charge on any atom is 0.305 e. The Morgan fingerprint density at radius 3 is 2.03 bits per heavy atom. The van der Waals surface area contributed by atoms with Crippen molar-refractivity contribution < 1.29 is 38.1 Å². The summed E-state index contributed by atoms with van der Waals surface area (Å²) in [5.74, 6) is -1.03. The fourth-order valence-electron chi connectivity index (χ4n) is 3.16. The number of nitrogens with zero attached hydrogens (tertiary/aromatic N) is 1. The summed E-state index contributed by atoms with van der Waals surface area (Å²) >= 11 is 0. The molecule has 0 aliphatic carbocycles. The molecule has 0 radical (unpaired) electrons. The van der Waals surface area contributed by atoms with Gasteiger partial charge in [0.25, 0.3) is 0 Å². The first-order valence-electron chi connectivity index (χ1n) is 9.59. The van der Waals surface area contributed by atoms with Gasteiger partial charge in [-0.15, -0.1) is 0 Å². The van der Waals surface area contributed by atoms with Crippen LogP contribution in [-0.2, 0) is 33.3 Å². The average molecular weight is 421 g/mol. The van der Waals surface area contributed by atoms with E-state index in [9.17, 15) is 14.4 Å². The lowest BCUT2D eigenvalue weighted by Crippen LogP contribution is -2.60. The summed E-state index contributed by atoms with van der Waals surface area (Å²) in [6.07, 6.45) is -1.68. The Bertz CT molecular complexity index is 776. The molecule has 5 unspecified atom stereocenters. The lowest BCUT2D eigenvalue weighted by molar-refractivity contribution is -0.260. The highest BCUT2D eigenvalue weighted by Gasteiger charge is 2.50. The predicted molar refractivity (Wildman–Crippen MR) is 106 cm³/mol. The average Bonchev–Trinajstić information content (AvgIpc) is 2.68. The Balaban J connectivity index is 2.41. The van der Waals surface area contributed by atoms with Crippen LogP contribution in [0.1, 0.15) is 39.7 Å². The molecule has 2 rings (SSSR count). The number of aliphatic imine (C=N–C) groups is 1. The molecule has 9 heteroatoms. The lowest BCUT2D eigenvalue weighted by Gasteiger charge is -2.43. The fourth-order valence-corrected chi connectivity index (χ4v) is 3.16. The maximum absolute atomic E-state index is 11.8. The van der Waals surface area contributed by atoms with E-state index >= 15 is 0 Å². The maximum atomic E-state index is 11.8. The minimum atomic E-state index is -1.11. The van der Waals surface area contributed by atoms with Crippen molar-refractivity contribution >= 4 is 24.1 Å². The summed E-state index contributed by atoms with van der Waals surface area (Å²) in [6.45, 7) is 5.56. The van der Waals surface area contributed by atoms with Crippen molar-refractivity contribution in [3.63, 3.8) is 0 Å². The molecule has 0 amide bonds. The largest absolute Gasteiger partial charge is 0.497 e. The molecule has 1 fully saturated rings. The normalized spacial score (nSPS) is 26.1. The van der Waals surface area contributed by atoms with E-state index < -0.39 is 48.6 Å².